The molecule has 16 rings (SSSR count). The summed E-state index contributed by atoms with van der Waals surface area (Å²) < 4.78 is 74.3. The van der Waals surface area contributed by atoms with E-state index in [-0.39, 0.29) is 23.3 Å². The van der Waals surface area contributed by atoms with Crippen LogP contribution in [0.1, 0.15) is 55.6 Å². The van der Waals surface area contributed by atoms with Crippen molar-refractivity contribution >= 4 is 46.3 Å². The zero-order valence-electron chi connectivity index (χ0n) is 53.0. The van der Waals surface area contributed by atoms with E-state index in [9.17, 15) is 8.78 Å². The summed E-state index contributed by atoms with van der Waals surface area (Å²) in [4.78, 5) is 4.24. The molecule has 0 heterocycles. The van der Waals surface area contributed by atoms with E-state index in [2.05, 4.69) is 156 Å². The highest BCUT2D eigenvalue weighted by molar-refractivity contribution is 5.92. The van der Waals surface area contributed by atoms with Crippen LogP contribution in [0.4, 0.5) is 51.7 Å². The zero-order valence-corrected chi connectivity index (χ0v) is 53.0. The number of rotatable bonds is 17. The molecular formula is C90H60F4N2O2. The standard InChI is InChI=1S/C90H60F4N2O2/c1-3-59-19-45-77(46-20-59)97-79-49-27-63(28-50-79)89(65-11-9-13-69(93)55-65)85-17-7-5-15-81(85)83-53-43-75(57-87(83)89)95(73-39-31-67(91)32-40-73)71-35-23-61(24-36-71)62-25-37-72(38-26-62)96(74-41-33-68(92)34-42-74)76-44-54-84-82-16-6-8-18-86(82)90(88(84)58-76,66-12-10-14-70(94)56-66)64-29-51-80(52-30-64)98-78-47-21-60(4-2)22-48-78/h3-58H,1-2H2. The summed E-state index contributed by atoms with van der Waals surface area (Å²) in [5.41, 5.74) is 18.0. The fraction of sp³-hybridized carbons (Fsp3) is 0.0222. The van der Waals surface area contributed by atoms with Gasteiger partial charge in [-0.1, -0.05) is 183 Å². The average molecular weight is 1280 g/mol. The maximum absolute atomic E-state index is 15.8. The Morgan fingerprint density at radius 2 is 0.571 bits per heavy atom. The highest BCUT2D eigenvalue weighted by Gasteiger charge is 2.48. The van der Waals surface area contributed by atoms with Gasteiger partial charge in [0.1, 0.15) is 46.3 Å². The molecule has 470 valence electrons. The SMILES string of the molecule is C=Cc1ccc(Oc2ccc(C3(c4cccc(F)c4)c4ccccc4-c4ccc(N(c5ccc(F)cc5)c5ccc(-c6ccc(N(c7ccc(F)cc7)c7ccc8c(c7)C(c7ccc(Oc9ccc(C=C)cc9)cc7)(c7cccc(F)c7)c7ccccc7-8)cc6)cc5)cc43)cc2)cc1. The minimum absolute atomic E-state index is 0.353. The topological polar surface area (TPSA) is 24.9 Å². The Hall–Kier alpha value is -12.5. The van der Waals surface area contributed by atoms with Gasteiger partial charge in [-0.2, -0.15) is 0 Å². The summed E-state index contributed by atoms with van der Waals surface area (Å²) in [5, 5.41) is 0. The van der Waals surface area contributed by atoms with Crippen LogP contribution in [0.2, 0.25) is 0 Å². The molecule has 2 aliphatic rings. The van der Waals surface area contributed by atoms with E-state index in [1.807, 2.05) is 109 Å². The summed E-state index contributed by atoms with van der Waals surface area (Å²) in [6.07, 6.45) is 3.58. The van der Waals surface area contributed by atoms with Gasteiger partial charge in [-0.25, -0.2) is 17.6 Å². The quantitative estimate of drug-likeness (QED) is 0.0849. The van der Waals surface area contributed by atoms with Crippen molar-refractivity contribution in [3.8, 4) is 56.4 Å². The molecule has 0 bridgehead atoms. The summed E-state index contributed by atoms with van der Waals surface area (Å²) in [5.74, 6) is 1.24. The van der Waals surface area contributed by atoms with Gasteiger partial charge in [-0.3, -0.25) is 0 Å². The number of nitrogens with zero attached hydrogens (tertiary/aromatic N) is 2. The number of benzene rings is 14. The minimum Gasteiger partial charge on any atom is -0.457 e. The number of anilines is 6. The van der Waals surface area contributed by atoms with Crippen LogP contribution >= 0.6 is 0 Å². The van der Waals surface area contributed by atoms with Gasteiger partial charge in [0.2, 0.25) is 0 Å². The van der Waals surface area contributed by atoms with Crippen LogP contribution in [0, 0.1) is 23.3 Å². The largest absolute Gasteiger partial charge is 0.457 e. The van der Waals surface area contributed by atoms with Crippen LogP contribution < -0.4 is 19.3 Å². The molecule has 2 atom stereocenters. The van der Waals surface area contributed by atoms with Crippen molar-refractivity contribution in [1.29, 1.82) is 0 Å². The Bertz CT molecular complexity index is 4990. The molecule has 2 aliphatic carbocycles. The Labute approximate surface area is 566 Å². The van der Waals surface area contributed by atoms with Crippen LogP contribution in [0.25, 0.3) is 45.5 Å². The van der Waals surface area contributed by atoms with Gasteiger partial charge in [0, 0.05) is 34.1 Å². The molecule has 0 saturated heterocycles. The first-order chi connectivity index (χ1) is 48.0. The molecule has 8 heteroatoms. The number of hydrogen-bond acceptors (Lipinski definition) is 4. The monoisotopic (exact) mass is 1280 g/mol. The Kier molecular flexibility index (Phi) is 15.4. The molecule has 0 radical (unpaired) electrons. The van der Waals surface area contributed by atoms with Gasteiger partial charge in [0.15, 0.2) is 0 Å². The predicted octanol–water partition coefficient (Wildman–Crippen LogP) is 24.4. The van der Waals surface area contributed by atoms with Crippen LogP contribution in [-0.4, -0.2) is 0 Å². The molecule has 0 amide bonds. The van der Waals surface area contributed by atoms with Gasteiger partial charge in [-0.15, -0.1) is 0 Å². The second-order valence-corrected chi connectivity index (χ2v) is 24.6. The molecule has 0 aromatic heterocycles. The van der Waals surface area contributed by atoms with Crippen LogP contribution in [0.15, 0.2) is 341 Å². The summed E-state index contributed by atoms with van der Waals surface area (Å²) in [6, 6.07) is 104. The van der Waals surface area contributed by atoms with E-state index in [0.29, 0.717) is 23.0 Å². The highest BCUT2D eigenvalue weighted by Crippen LogP contribution is 2.60. The third-order valence-electron chi connectivity index (χ3n) is 19.1. The predicted molar refractivity (Wildman–Crippen MR) is 389 cm³/mol. The van der Waals surface area contributed by atoms with E-state index in [1.165, 1.54) is 36.4 Å². The second-order valence-electron chi connectivity index (χ2n) is 24.6. The van der Waals surface area contributed by atoms with Crippen molar-refractivity contribution in [1.82, 2.24) is 0 Å². The van der Waals surface area contributed by atoms with Gasteiger partial charge in [-0.05, 0) is 259 Å². The maximum atomic E-state index is 15.8. The third-order valence-corrected chi connectivity index (χ3v) is 19.1. The maximum Gasteiger partial charge on any atom is 0.127 e. The molecule has 2 unspecified atom stereocenters. The lowest BCUT2D eigenvalue weighted by atomic mass is 9.67. The molecule has 0 N–H and O–H groups in total. The van der Waals surface area contributed by atoms with Crippen molar-refractivity contribution < 1.29 is 27.0 Å². The van der Waals surface area contributed by atoms with Crippen molar-refractivity contribution in [2.45, 2.75) is 10.8 Å². The molecule has 0 spiro atoms. The summed E-state index contributed by atoms with van der Waals surface area (Å²) >= 11 is 0. The smallest absolute Gasteiger partial charge is 0.127 e. The van der Waals surface area contributed by atoms with Crippen LogP contribution in [0.3, 0.4) is 0 Å². The van der Waals surface area contributed by atoms with Gasteiger partial charge >= 0.3 is 0 Å². The summed E-state index contributed by atoms with van der Waals surface area (Å²) in [7, 11) is 0. The molecular weight excluding hydrogens is 1220 g/mol. The summed E-state index contributed by atoms with van der Waals surface area (Å²) in [6.45, 7) is 7.76. The number of fused-ring (bicyclic) bond motifs is 6. The lowest BCUT2D eigenvalue weighted by molar-refractivity contribution is 0.482. The lowest BCUT2D eigenvalue weighted by Gasteiger charge is -2.35. The van der Waals surface area contributed by atoms with E-state index in [0.717, 1.165) is 123 Å². The number of ether oxygens (including phenoxy) is 2. The van der Waals surface area contributed by atoms with Crippen molar-refractivity contribution in [2.24, 2.45) is 0 Å². The molecule has 14 aromatic rings. The van der Waals surface area contributed by atoms with Gasteiger partial charge in [0.25, 0.3) is 0 Å². The molecule has 4 nitrogen and oxygen atoms in total. The van der Waals surface area contributed by atoms with E-state index in [4.69, 9.17) is 9.47 Å². The van der Waals surface area contributed by atoms with Crippen molar-refractivity contribution in [2.75, 3.05) is 9.80 Å². The average Bonchev–Trinajstić information content (AvgIpc) is 1.53. The van der Waals surface area contributed by atoms with Gasteiger partial charge < -0.3 is 19.3 Å². The van der Waals surface area contributed by atoms with Crippen LogP contribution in [0.5, 0.6) is 23.0 Å². The van der Waals surface area contributed by atoms with Crippen LogP contribution in [-0.2, 0) is 10.8 Å². The first-order valence-corrected chi connectivity index (χ1v) is 32.4. The Balaban J connectivity index is 0.765. The zero-order chi connectivity index (χ0) is 66.5. The fourth-order valence-corrected chi connectivity index (χ4v) is 14.7. The number of halogens is 4. The Morgan fingerprint density at radius 3 is 0.918 bits per heavy atom. The molecule has 14 aromatic carbocycles. The molecule has 0 saturated carbocycles. The van der Waals surface area contributed by atoms with Crippen molar-refractivity contribution in [3.63, 3.8) is 0 Å². The minimum atomic E-state index is -0.978. The number of hydrogen-bond donors (Lipinski definition) is 0. The lowest BCUT2D eigenvalue weighted by Crippen LogP contribution is -2.29. The van der Waals surface area contributed by atoms with E-state index >= 15 is 8.78 Å². The normalized spacial score (nSPS) is 14.7. The molecule has 0 fully saturated rings. The fourth-order valence-electron chi connectivity index (χ4n) is 14.7. The highest BCUT2D eigenvalue weighted by atomic mass is 19.1. The molecule has 98 heavy (non-hydrogen) atoms. The Morgan fingerprint density at radius 1 is 0.255 bits per heavy atom. The third kappa shape index (κ3) is 10.6. The van der Waals surface area contributed by atoms with Gasteiger partial charge in [0.05, 0.1) is 10.8 Å². The second kappa shape index (κ2) is 25.0. The first-order valence-electron chi connectivity index (χ1n) is 32.4. The van der Waals surface area contributed by atoms with E-state index < -0.39 is 10.8 Å². The molecule has 0 aliphatic heterocycles. The first kappa shape index (κ1) is 60.4. The van der Waals surface area contributed by atoms with E-state index in [1.54, 1.807) is 60.7 Å². The van der Waals surface area contributed by atoms with Crippen molar-refractivity contribution in [3.05, 3.63) is 420 Å².